The molecule has 0 unspecified atom stereocenters. The lowest BCUT2D eigenvalue weighted by Gasteiger charge is -2.10. The molecule has 1 heterocycles. The number of hydrogen-bond acceptors (Lipinski definition) is 4. The van der Waals surface area contributed by atoms with Gasteiger partial charge in [-0.1, -0.05) is 72.4 Å². The minimum absolute atomic E-state index is 0.00741. The minimum Gasteiger partial charge on any atom is -0.355 e. The molecule has 0 saturated heterocycles. The van der Waals surface area contributed by atoms with Crippen molar-refractivity contribution in [3.63, 3.8) is 0 Å². The number of aromatic nitrogens is 3. The second-order valence-corrected chi connectivity index (χ2v) is 6.93. The molecule has 5 nitrogen and oxygen atoms in total. The van der Waals surface area contributed by atoms with Crippen LogP contribution in [0.4, 0.5) is 0 Å². The Morgan fingerprint density at radius 3 is 2.52 bits per heavy atom. The Labute approximate surface area is 151 Å². The summed E-state index contributed by atoms with van der Waals surface area (Å²) in [5.41, 5.74) is 2.19. The van der Waals surface area contributed by atoms with E-state index in [2.05, 4.69) is 32.6 Å². The van der Waals surface area contributed by atoms with Gasteiger partial charge < -0.3 is 5.32 Å². The van der Waals surface area contributed by atoms with Crippen LogP contribution in [0.5, 0.6) is 0 Å². The van der Waals surface area contributed by atoms with Gasteiger partial charge in [0.1, 0.15) is 0 Å². The molecule has 2 N–H and O–H groups in total. The molecule has 0 fully saturated rings. The molecule has 3 aromatic rings. The zero-order valence-corrected chi connectivity index (χ0v) is 14.8. The van der Waals surface area contributed by atoms with Crippen molar-refractivity contribution in [3.05, 3.63) is 66.2 Å². The molecule has 128 valence electrons. The van der Waals surface area contributed by atoms with Crippen LogP contribution < -0.4 is 5.32 Å². The molecule has 0 saturated carbocycles. The highest BCUT2D eigenvalue weighted by Gasteiger charge is 2.17. The van der Waals surface area contributed by atoms with Gasteiger partial charge in [0.15, 0.2) is 5.82 Å². The van der Waals surface area contributed by atoms with E-state index in [1.165, 1.54) is 17.3 Å². The summed E-state index contributed by atoms with van der Waals surface area (Å²) in [7, 11) is 0. The molecule has 0 aliphatic rings. The third-order valence-corrected chi connectivity index (χ3v) is 4.68. The highest BCUT2D eigenvalue weighted by atomic mass is 32.2. The molecule has 1 atom stereocenters. The number of benzene rings is 2. The molecule has 2 aromatic carbocycles. The maximum atomic E-state index is 12.2. The van der Waals surface area contributed by atoms with Crippen LogP contribution in [0.3, 0.4) is 0 Å². The third kappa shape index (κ3) is 4.93. The van der Waals surface area contributed by atoms with Crippen molar-refractivity contribution < 1.29 is 4.79 Å². The Kier molecular flexibility index (Phi) is 5.85. The lowest BCUT2D eigenvalue weighted by Crippen LogP contribution is -2.32. The summed E-state index contributed by atoms with van der Waals surface area (Å²) in [5.74, 6) is 0.701. The highest BCUT2D eigenvalue weighted by molar-refractivity contribution is 8.00. The van der Waals surface area contributed by atoms with Crippen molar-refractivity contribution in [1.82, 2.24) is 20.5 Å². The first-order chi connectivity index (χ1) is 12.2. The van der Waals surface area contributed by atoms with Gasteiger partial charge in [-0.25, -0.2) is 4.98 Å². The van der Waals surface area contributed by atoms with Crippen LogP contribution in [0.15, 0.2) is 65.8 Å². The number of amides is 1. The number of rotatable bonds is 7. The van der Waals surface area contributed by atoms with E-state index in [4.69, 9.17) is 0 Å². The van der Waals surface area contributed by atoms with Crippen LogP contribution in [-0.4, -0.2) is 32.9 Å². The molecule has 0 spiro atoms. The van der Waals surface area contributed by atoms with Gasteiger partial charge in [0.2, 0.25) is 11.1 Å². The van der Waals surface area contributed by atoms with Crippen molar-refractivity contribution >= 4 is 17.7 Å². The van der Waals surface area contributed by atoms with E-state index >= 15 is 0 Å². The molecular formula is C19H20N4OS. The molecule has 0 bridgehead atoms. The lowest BCUT2D eigenvalue weighted by atomic mass is 10.1. The summed E-state index contributed by atoms with van der Waals surface area (Å²) in [5, 5.41) is 10.4. The second-order valence-electron chi connectivity index (χ2n) is 5.62. The SMILES string of the molecule is C[C@@H](Sc1n[nH]c(-c2ccccc2)n1)C(=O)NCCc1ccccc1. The van der Waals surface area contributed by atoms with Crippen molar-refractivity contribution in [2.75, 3.05) is 6.54 Å². The normalized spacial score (nSPS) is 11.9. The van der Waals surface area contributed by atoms with Crippen molar-refractivity contribution in [1.29, 1.82) is 0 Å². The quantitative estimate of drug-likeness (QED) is 0.640. The fourth-order valence-electron chi connectivity index (χ4n) is 2.35. The minimum atomic E-state index is -0.254. The molecule has 0 aliphatic heterocycles. The van der Waals surface area contributed by atoms with Crippen LogP contribution in [0, 0.1) is 0 Å². The van der Waals surface area contributed by atoms with Gasteiger partial charge in [-0.15, -0.1) is 5.10 Å². The smallest absolute Gasteiger partial charge is 0.233 e. The van der Waals surface area contributed by atoms with Crippen LogP contribution in [0.25, 0.3) is 11.4 Å². The van der Waals surface area contributed by atoms with Crippen molar-refractivity contribution in [3.8, 4) is 11.4 Å². The largest absolute Gasteiger partial charge is 0.355 e. The number of carbonyl (C=O) groups is 1. The fourth-order valence-corrected chi connectivity index (χ4v) is 3.10. The number of nitrogens with one attached hydrogen (secondary N) is 2. The maximum Gasteiger partial charge on any atom is 0.233 e. The number of aromatic amines is 1. The molecule has 6 heteroatoms. The summed E-state index contributed by atoms with van der Waals surface area (Å²) in [6, 6.07) is 19.9. The number of carbonyl (C=O) groups excluding carboxylic acids is 1. The molecule has 0 aliphatic carbocycles. The Hall–Kier alpha value is -2.60. The predicted molar refractivity (Wildman–Crippen MR) is 100 cm³/mol. The van der Waals surface area contributed by atoms with E-state index in [0.29, 0.717) is 17.5 Å². The van der Waals surface area contributed by atoms with Gasteiger partial charge in [-0.05, 0) is 18.9 Å². The first kappa shape index (κ1) is 17.2. The van der Waals surface area contributed by atoms with Gasteiger partial charge in [-0.2, -0.15) is 0 Å². The van der Waals surface area contributed by atoms with E-state index in [1.807, 2.05) is 55.5 Å². The van der Waals surface area contributed by atoms with Crippen LogP contribution in [0.2, 0.25) is 0 Å². The molecule has 3 rings (SSSR count). The summed E-state index contributed by atoms with van der Waals surface area (Å²) < 4.78 is 0. The van der Waals surface area contributed by atoms with E-state index in [1.54, 1.807) is 0 Å². The standard InChI is InChI=1S/C19H20N4OS/c1-14(18(24)20-13-12-15-8-4-2-5-9-15)25-19-21-17(22-23-19)16-10-6-3-7-11-16/h2-11,14H,12-13H2,1H3,(H,20,24)(H,21,22,23)/t14-/m1/s1. The van der Waals surface area contributed by atoms with Crippen LogP contribution >= 0.6 is 11.8 Å². The van der Waals surface area contributed by atoms with E-state index in [0.717, 1.165) is 12.0 Å². The maximum absolute atomic E-state index is 12.2. The average molecular weight is 352 g/mol. The number of thioether (sulfide) groups is 1. The Morgan fingerprint density at radius 2 is 1.80 bits per heavy atom. The Morgan fingerprint density at radius 1 is 1.12 bits per heavy atom. The summed E-state index contributed by atoms with van der Waals surface area (Å²) >= 11 is 1.35. The van der Waals surface area contributed by atoms with Crippen molar-refractivity contribution in [2.45, 2.75) is 23.8 Å². The van der Waals surface area contributed by atoms with Gasteiger partial charge >= 0.3 is 0 Å². The van der Waals surface area contributed by atoms with E-state index in [9.17, 15) is 4.79 Å². The predicted octanol–water partition coefficient (Wildman–Crippen LogP) is 3.31. The van der Waals surface area contributed by atoms with E-state index < -0.39 is 0 Å². The Bertz CT molecular complexity index is 805. The van der Waals surface area contributed by atoms with Gasteiger partial charge in [0.25, 0.3) is 0 Å². The molecule has 1 amide bonds. The average Bonchev–Trinajstić information content (AvgIpc) is 3.12. The lowest BCUT2D eigenvalue weighted by molar-refractivity contribution is -0.120. The first-order valence-electron chi connectivity index (χ1n) is 8.18. The topological polar surface area (TPSA) is 70.7 Å². The fraction of sp³-hybridized carbons (Fsp3) is 0.211. The third-order valence-electron chi connectivity index (χ3n) is 3.72. The van der Waals surface area contributed by atoms with Crippen molar-refractivity contribution in [2.24, 2.45) is 0 Å². The van der Waals surface area contributed by atoms with Crippen LogP contribution in [-0.2, 0) is 11.2 Å². The Balaban J connectivity index is 1.49. The monoisotopic (exact) mass is 352 g/mol. The molecule has 0 radical (unpaired) electrons. The summed E-state index contributed by atoms with van der Waals surface area (Å²) in [4.78, 5) is 16.7. The van der Waals surface area contributed by atoms with Gasteiger partial charge in [0, 0.05) is 12.1 Å². The zero-order valence-electron chi connectivity index (χ0n) is 14.0. The molecular weight excluding hydrogens is 332 g/mol. The van der Waals surface area contributed by atoms with Crippen LogP contribution in [0.1, 0.15) is 12.5 Å². The highest BCUT2D eigenvalue weighted by Crippen LogP contribution is 2.22. The molecule has 1 aromatic heterocycles. The van der Waals surface area contributed by atoms with Gasteiger partial charge in [0.05, 0.1) is 5.25 Å². The number of nitrogens with zero attached hydrogens (tertiary/aromatic N) is 2. The van der Waals surface area contributed by atoms with E-state index in [-0.39, 0.29) is 11.2 Å². The number of hydrogen-bond donors (Lipinski definition) is 2. The molecule has 25 heavy (non-hydrogen) atoms. The second kappa shape index (κ2) is 8.48. The summed E-state index contributed by atoms with van der Waals surface area (Å²) in [6.45, 7) is 2.48. The first-order valence-corrected chi connectivity index (χ1v) is 9.06. The van der Waals surface area contributed by atoms with Gasteiger partial charge in [-0.3, -0.25) is 9.89 Å². The summed E-state index contributed by atoms with van der Waals surface area (Å²) in [6.07, 6.45) is 0.822. The number of H-pyrrole nitrogens is 1. The zero-order chi connectivity index (χ0) is 17.5.